The average Bonchev–Trinajstić information content (AvgIpc) is 2.91. The van der Waals surface area contributed by atoms with E-state index in [2.05, 4.69) is 18.7 Å². The summed E-state index contributed by atoms with van der Waals surface area (Å²) in [6, 6.07) is 7.51. The van der Waals surface area contributed by atoms with Crippen molar-refractivity contribution in [2.75, 3.05) is 26.3 Å². The van der Waals surface area contributed by atoms with Gasteiger partial charge in [0, 0.05) is 25.1 Å². The number of benzene rings is 1. The number of rotatable bonds is 6. The number of ether oxygens (including phenoxy) is 1. The van der Waals surface area contributed by atoms with E-state index < -0.39 is 0 Å². The molecular weight excluding hydrogens is 254 g/mol. The minimum absolute atomic E-state index is 0.123. The molecule has 1 aliphatic heterocycles. The summed E-state index contributed by atoms with van der Waals surface area (Å²) in [6.45, 7) is 7.10. The molecule has 4 nitrogen and oxygen atoms in total. The molecule has 2 rings (SSSR count). The van der Waals surface area contributed by atoms with Gasteiger partial charge in [-0.15, -0.1) is 0 Å². The van der Waals surface area contributed by atoms with Crippen LogP contribution < -0.4 is 4.74 Å². The maximum absolute atomic E-state index is 9.68. The average molecular weight is 279 g/mol. The maximum atomic E-state index is 9.68. The molecule has 20 heavy (non-hydrogen) atoms. The van der Waals surface area contributed by atoms with Crippen LogP contribution in [0.4, 0.5) is 0 Å². The summed E-state index contributed by atoms with van der Waals surface area (Å²) >= 11 is 0. The number of phenolic OH excluding ortho intramolecular Hbond substituents is 1. The number of likely N-dealkylation sites (tertiary alicyclic amines) is 1. The van der Waals surface area contributed by atoms with Gasteiger partial charge in [0.15, 0.2) is 11.5 Å². The lowest BCUT2D eigenvalue weighted by molar-refractivity contribution is 0.114. The monoisotopic (exact) mass is 279 g/mol. The molecule has 0 aliphatic carbocycles. The van der Waals surface area contributed by atoms with Crippen LogP contribution in [0.3, 0.4) is 0 Å². The fourth-order valence-corrected chi connectivity index (χ4v) is 2.78. The Morgan fingerprint density at radius 2 is 2.10 bits per heavy atom. The highest BCUT2D eigenvalue weighted by Gasteiger charge is 2.30. The third-order valence-electron chi connectivity index (χ3n) is 4.21. The van der Waals surface area contributed by atoms with Crippen molar-refractivity contribution in [3.8, 4) is 11.5 Å². The van der Waals surface area contributed by atoms with Crippen LogP contribution in [0.15, 0.2) is 24.3 Å². The van der Waals surface area contributed by atoms with Crippen molar-refractivity contribution in [1.29, 1.82) is 0 Å². The fraction of sp³-hybridized carbons (Fsp3) is 0.625. The number of hydrogen-bond acceptors (Lipinski definition) is 4. The molecule has 112 valence electrons. The van der Waals surface area contributed by atoms with Crippen molar-refractivity contribution in [2.45, 2.75) is 26.3 Å². The molecule has 0 bridgehead atoms. The third-order valence-corrected chi connectivity index (χ3v) is 4.21. The highest BCUT2D eigenvalue weighted by atomic mass is 16.5. The van der Waals surface area contributed by atoms with Gasteiger partial charge in [0.2, 0.25) is 0 Å². The Balaban J connectivity index is 1.89. The van der Waals surface area contributed by atoms with E-state index in [0.29, 0.717) is 24.3 Å². The van der Waals surface area contributed by atoms with Crippen molar-refractivity contribution in [3.05, 3.63) is 24.3 Å². The van der Waals surface area contributed by atoms with E-state index in [1.807, 2.05) is 6.07 Å². The van der Waals surface area contributed by atoms with Gasteiger partial charge in [0.25, 0.3) is 0 Å². The fourth-order valence-electron chi connectivity index (χ4n) is 2.78. The van der Waals surface area contributed by atoms with Crippen LogP contribution in [-0.4, -0.2) is 47.5 Å². The molecule has 1 aliphatic rings. The van der Waals surface area contributed by atoms with Crippen LogP contribution in [0.1, 0.15) is 20.3 Å². The van der Waals surface area contributed by atoms with Gasteiger partial charge in [-0.2, -0.15) is 0 Å². The summed E-state index contributed by atoms with van der Waals surface area (Å²) in [4.78, 5) is 2.44. The van der Waals surface area contributed by atoms with E-state index in [0.717, 1.165) is 19.5 Å². The molecule has 1 heterocycles. The zero-order valence-electron chi connectivity index (χ0n) is 12.3. The number of aromatic hydroxyl groups is 1. The van der Waals surface area contributed by atoms with E-state index in [1.54, 1.807) is 18.2 Å². The molecule has 0 amide bonds. The van der Waals surface area contributed by atoms with Gasteiger partial charge in [0.05, 0.1) is 6.61 Å². The maximum Gasteiger partial charge on any atom is 0.160 e. The minimum atomic E-state index is 0.123. The van der Waals surface area contributed by atoms with Gasteiger partial charge in [-0.3, -0.25) is 0 Å². The zero-order chi connectivity index (χ0) is 14.5. The van der Waals surface area contributed by atoms with Crippen LogP contribution in [0.25, 0.3) is 0 Å². The first-order valence-electron chi connectivity index (χ1n) is 7.37. The predicted octanol–water partition coefficient (Wildman–Crippen LogP) is 2.11. The van der Waals surface area contributed by atoms with E-state index in [4.69, 9.17) is 4.74 Å². The molecule has 0 radical (unpaired) electrons. The van der Waals surface area contributed by atoms with Crippen molar-refractivity contribution in [1.82, 2.24) is 4.90 Å². The molecule has 1 saturated heterocycles. The van der Waals surface area contributed by atoms with Crippen molar-refractivity contribution in [2.24, 2.45) is 11.8 Å². The van der Waals surface area contributed by atoms with Crippen molar-refractivity contribution >= 4 is 0 Å². The molecule has 1 aromatic carbocycles. The lowest BCUT2D eigenvalue weighted by atomic mass is 9.93. The Labute approximate surface area is 121 Å². The first-order chi connectivity index (χ1) is 9.61. The zero-order valence-corrected chi connectivity index (χ0v) is 12.3. The third kappa shape index (κ3) is 3.64. The number of hydrogen-bond donors (Lipinski definition) is 2. The normalized spacial score (nSPS) is 21.3. The van der Waals surface area contributed by atoms with Gasteiger partial charge in [0.1, 0.15) is 0 Å². The van der Waals surface area contributed by atoms with E-state index in [1.165, 1.54) is 0 Å². The van der Waals surface area contributed by atoms with Crippen LogP contribution >= 0.6 is 0 Å². The summed E-state index contributed by atoms with van der Waals surface area (Å²) in [5.74, 6) is 1.23. The summed E-state index contributed by atoms with van der Waals surface area (Å²) < 4.78 is 5.67. The molecule has 2 atom stereocenters. The van der Waals surface area contributed by atoms with E-state index in [-0.39, 0.29) is 18.3 Å². The minimum Gasteiger partial charge on any atom is -0.504 e. The molecule has 1 fully saturated rings. The van der Waals surface area contributed by atoms with E-state index >= 15 is 0 Å². The summed E-state index contributed by atoms with van der Waals surface area (Å²) in [7, 11) is 0. The standard InChI is InChI=1S/C16H25NO3/c1-12(2)17-8-7-13(9-17)14(10-18)11-20-16-6-4-3-5-15(16)19/h3-6,12-14,18-19H,7-11H2,1-2H3. The molecule has 2 N–H and O–H groups in total. The summed E-state index contributed by atoms with van der Waals surface area (Å²) in [5, 5.41) is 19.3. The number of aliphatic hydroxyl groups excluding tert-OH is 1. The molecule has 1 aromatic rings. The first kappa shape index (κ1) is 15.1. The molecule has 4 heteroatoms. The second-order valence-corrected chi connectivity index (χ2v) is 5.86. The van der Waals surface area contributed by atoms with Crippen molar-refractivity contribution < 1.29 is 14.9 Å². The smallest absolute Gasteiger partial charge is 0.160 e. The van der Waals surface area contributed by atoms with Gasteiger partial charge in [-0.1, -0.05) is 12.1 Å². The van der Waals surface area contributed by atoms with Crippen LogP contribution in [0, 0.1) is 11.8 Å². The van der Waals surface area contributed by atoms with Crippen LogP contribution in [0.2, 0.25) is 0 Å². The Kier molecular flexibility index (Phi) is 5.26. The SMILES string of the molecule is CC(C)N1CCC(C(CO)COc2ccccc2O)C1. The second-order valence-electron chi connectivity index (χ2n) is 5.86. The molecule has 2 unspecified atom stereocenters. The van der Waals surface area contributed by atoms with Crippen molar-refractivity contribution in [3.63, 3.8) is 0 Å². The first-order valence-corrected chi connectivity index (χ1v) is 7.37. The summed E-state index contributed by atoms with van der Waals surface area (Å²) in [5.41, 5.74) is 0. The number of para-hydroxylation sites is 2. The van der Waals surface area contributed by atoms with Gasteiger partial charge >= 0.3 is 0 Å². The van der Waals surface area contributed by atoms with Crippen LogP contribution in [0.5, 0.6) is 11.5 Å². The predicted molar refractivity (Wildman–Crippen MR) is 79.0 cm³/mol. The van der Waals surface area contributed by atoms with Gasteiger partial charge in [-0.25, -0.2) is 0 Å². The van der Waals surface area contributed by atoms with Gasteiger partial charge in [-0.05, 0) is 44.9 Å². The molecule has 0 aromatic heterocycles. The lowest BCUT2D eigenvalue weighted by Crippen LogP contribution is -2.31. The number of nitrogens with zero attached hydrogens (tertiary/aromatic N) is 1. The Bertz CT molecular complexity index is 422. The number of aliphatic hydroxyl groups is 1. The Morgan fingerprint density at radius 1 is 1.35 bits per heavy atom. The molecule has 0 saturated carbocycles. The van der Waals surface area contributed by atoms with Gasteiger partial charge < -0.3 is 19.8 Å². The largest absolute Gasteiger partial charge is 0.504 e. The highest BCUT2D eigenvalue weighted by Crippen LogP contribution is 2.29. The molecular formula is C16H25NO3. The lowest BCUT2D eigenvalue weighted by Gasteiger charge is -2.24. The highest BCUT2D eigenvalue weighted by molar-refractivity contribution is 5.37. The topological polar surface area (TPSA) is 52.9 Å². The number of phenols is 1. The van der Waals surface area contributed by atoms with E-state index in [9.17, 15) is 10.2 Å². The Morgan fingerprint density at radius 3 is 2.70 bits per heavy atom. The quantitative estimate of drug-likeness (QED) is 0.837. The van der Waals surface area contributed by atoms with Crippen LogP contribution in [-0.2, 0) is 0 Å². The summed E-state index contributed by atoms with van der Waals surface area (Å²) in [6.07, 6.45) is 1.10. The second kappa shape index (κ2) is 6.95. The Hall–Kier alpha value is -1.26. The molecule has 0 spiro atoms.